The summed E-state index contributed by atoms with van der Waals surface area (Å²) in [5.41, 5.74) is 1.83. The average Bonchev–Trinajstić information content (AvgIpc) is 3.26. The fourth-order valence-corrected chi connectivity index (χ4v) is 3.29. The number of rotatable bonds is 6. The highest BCUT2D eigenvalue weighted by Gasteiger charge is 2.22. The van der Waals surface area contributed by atoms with E-state index in [9.17, 15) is 9.59 Å². The number of hydrogen-bond donors (Lipinski definition) is 0. The number of furan rings is 1. The molecular formula is C24H22N2O4. The largest absolute Gasteiger partial charge is 0.467 e. The quantitative estimate of drug-likeness (QED) is 0.450. The van der Waals surface area contributed by atoms with Crippen molar-refractivity contribution in [3.8, 4) is 0 Å². The van der Waals surface area contributed by atoms with Gasteiger partial charge in [-0.1, -0.05) is 30.3 Å². The molecule has 0 atom stereocenters. The summed E-state index contributed by atoms with van der Waals surface area (Å²) in [6, 6.07) is 20.2. The van der Waals surface area contributed by atoms with Gasteiger partial charge in [0.1, 0.15) is 16.9 Å². The first kappa shape index (κ1) is 19.5. The van der Waals surface area contributed by atoms with Gasteiger partial charge in [-0.25, -0.2) is 4.79 Å². The second kappa shape index (κ2) is 8.29. The van der Waals surface area contributed by atoms with Gasteiger partial charge >= 0.3 is 5.63 Å². The van der Waals surface area contributed by atoms with Gasteiger partial charge in [0.05, 0.1) is 12.8 Å². The molecule has 0 radical (unpaired) electrons. The molecule has 2 heterocycles. The molecule has 2 aromatic heterocycles. The van der Waals surface area contributed by atoms with E-state index in [2.05, 4.69) is 0 Å². The molecule has 0 saturated heterocycles. The van der Waals surface area contributed by atoms with Crippen LogP contribution in [0.25, 0.3) is 11.0 Å². The molecule has 6 heteroatoms. The Morgan fingerprint density at radius 2 is 1.70 bits per heavy atom. The van der Waals surface area contributed by atoms with Crippen LogP contribution in [0.15, 0.2) is 86.6 Å². The van der Waals surface area contributed by atoms with E-state index in [1.807, 2.05) is 55.4 Å². The second-order valence-corrected chi connectivity index (χ2v) is 7.29. The molecule has 0 N–H and O–H groups in total. The summed E-state index contributed by atoms with van der Waals surface area (Å²) in [5, 5.41) is 0.703. The number of carbonyl (C=O) groups excluding carboxylic acids is 1. The lowest BCUT2D eigenvalue weighted by molar-refractivity contribution is 0.0713. The monoisotopic (exact) mass is 402 g/mol. The van der Waals surface area contributed by atoms with E-state index in [4.69, 9.17) is 8.83 Å². The van der Waals surface area contributed by atoms with E-state index in [-0.39, 0.29) is 12.1 Å². The highest BCUT2D eigenvalue weighted by molar-refractivity contribution is 5.96. The molecule has 4 aromatic rings. The number of nitrogens with zero attached hydrogens (tertiary/aromatic N) is 2. The standard InChI is InChI=1S/C24H22N2O4/c1-25(2)19-11-9-17(10-12-19)15-26(16-20-7-5-13-29-20)23(27)21-14-18-6-3-4-8-22(18)30-24(21)28/h3-14H,15-16H2,1-2H3. The Hall–Kier alpha value is -3.80. The van der Waals surface area contributed by atoms with Crippen LogP contribution in [0.2, 0.25) is 0 Å². The minimum Gasteiger partial charge on any atom is -0.467 e. The zero-order valence-electron chi connectivity index (χ0n) is 16.9. The third-order valence-corrected chi connectivity index (χ3v) is 4.91. The van der Waals surface area contributed by atoms with Gasteiger partial charge in [0.2, 0.25) is 0 Å². The van der Waals surface area contributed by atoms with Gasteiger partial charge in [0.25, 0.3) is 5.91 Å². The molecule has 0 spiro atoms. The molecule has 30 heavy (non-hydrogen) atoms. The second-order valence-electron chi connectivity index (χ2n) is 7.29. The molecule has 4 rings (SSSR count). The molecule has 0 saturated carbocycles. The van der Waals surface area contributed by atoms with Gasteiger partial charge in [-0.2, -0.15) is 0 Å². The minimum absolute atomic E-state index is 0.00479. The zero-order chi connectivity index (χ0) is 21.1. The van der Waals surface area contributed by atoms with E-state index in [0.717, 1.165) is 11.3 Å². The Morgan fingerprint density at radius 1 is 0.933 bits per heavy atom. The van der Waals surface area contributed by atoms with E-state index >= 15 is 0 Å². The SMILES string of the molecule is CN(C)c1ccc(CN(Cc2ccco2)C(=O)c2cc3ccccc3oc2=O)cc1. The molecule has 0 fully saturated rings. The van der Waals surface area contributed by atoms with Crippen molar-refractivity contribution >= 4 is 22.6 Å². The Kier molecular flexibility index (Phi) is 5.39. The van der Waals surface area contributed by atoms with Crippen LogP contribution in [0.5, 0.6) is 0 Å². The molecular weight excluding hydrogens is 380 g/mol. The Morgan fingerprint density at radius 3 is 2.40 bits per heavy atom. The fourth-order valence-electron chi connectivity index (χ4n) is 3.29. The van der Waals surface area contributed by atoms with Crippen LogP contribution in [0.1, 0.15) is 21.7 Å². The normalized spacial score (nSPS) is 10.9. The smallest absolute Gasteiger partial charge is 0.349 e. The van der Waals surface area contributed by atoms with Crippen molar-refractivity contribution in [2.75, 3.05) is 19.0 Å². The number of fused-ring (bicyclic) bond motifs is 1. The third kappa shape index (κ3) is 4.12. The Balaban J connectivity index is 1.67. The lowest BCUT2D eigenvalue weighted by Crippen LogP contribution is -2.33. The predicted molar refractivity (Wildman–Crippen MR) is 116 cm³/mol. The first-order valence-electron chi connectivity index (χ1n) is 9.62. The van der Waals surface area contributed by atoms with Crippen LogP contribution in [0, 0.1) is 0 Å². The Labute approximate surface area is 173 Å². The average molecular weight is 402 g/mol. The summed E-state index contributed by atoms with van der Waals surface area (Å²) in [7, 11) is 3.95. The molecule has 152 valence electrons. The van der Waals surface area contributed by atoms with Crippen LogP contribution in [-0.2, 0) is 13.1 Å². The van der Waals surface area contributed by atoms with Gasteiger partial charge in [-0.15, -0.1) is 0 Å². The summed E-state index contributed by atoms with van der Waals surface area (Å²) in [6.45, 7) is 0.576. The first-order chi connectivity index (χ1) is 14.5. The fraction of sp³-hybridized carbons (Fsp3) is 0.167. The number of para-hydroxylation sites is 1. The summed E-state index contributed by atoms with van der Waals surface area (Å²) < 4.78 is 10.8. The molecule has 1 amide bonds. The van der Waals surface area contributed by atoms with Gasteiger partial charge in [0.15, 0.2) is 0 Å². The topological polar surface area (TPSA) is 66.9 Å². The summed E-state index contributed by atoms with van der Waals surface area (Å²) >= 11 is 0. The lowest BCUT2D eigenvalue weighted by Gasteiger charge is -2.22. The van der Waals surface area contributed by atoms with Crippen LogP contribution in [-0.4, -0.2) is 24.9 Å². The molecule has 0 aliphatic carbocycles. The predicted octanol–water partition coefficient (Wildman–Crippen LogP) is 4.29. The van der Waals surface area contributed by atoms with E-state index in [0.29, 0.717) is 23.3 Å². The van der Waals surface area contributed by atoms with Crippen molar-refractivity contribution in [3.05, 3.63) is 100 Å². The van der Waals surface area contributed by atoms with Crippen molar-refractivity contribution in [1.82, 2.24) is 4.90 Å². The van der Waals surface area contributed by atoms with E-state index in [1.54, 1.807) is 41.5 Å². The van der Waals surface area contributed by atoms with Crippen LogP contribution >= 0.6 is 0 Å². The first-order valence-corrected chi connectivity index (χ1v) is 9.62. The molecule has 0 aliphatic rings. The van der Waals surface area contributed by atoms with Crippen LogP contribution < -0.4 is 10.5 Å². The van der Waals surface area contributed by atoms with Crippen molar-refractivity contribution in [2.45, 2.75) is 13.1 Å². The molecule has 0 bridgehead atoms. The number of benzene rings is 2. The Bertz CT molecular complexity index is 1210. The van der Waals surface area contributed by atoms with E-state index < -0.39 is 11.5 Å². The highest BCUT2D eigenvalue weighted by Crippen LogP contribution is 2.19. The van der Waals surface area contributed by atoms with Crippen molar-refractivity contribution in [1.29, 1.82) is 0 Å². The molecule has 0 aliphatic heterocycles. The molecule has 0 unspecified atom stereocenters. The lowest BCUT2D eigenvalue weighted by atomic mass is 10.1. The molecule has 6 nitrogen and oxygen atoms in total. The number of hydrogen-bond acceptors (Lipinski definition) is 5. The summed E-state index contributed by atoms with van der Waals surface area (Å²) in [6.07, 6.45) is 1.56. The third-order valence-electron chi connectivity index (χ3n) is 4.91. The maximum Gasteiger partial charge on any atom is 0.349 e. The summed E-state index contributed by atoms with van der Waals surface area (Å²) in [5.74, 6) is 0.237. The van der Waals surface area contributed by atoms with Gasteiger partial charge in [-0.3, -0.25) is 4.79 Å². The van der Waals surface area contributed by atoms with Gasteiger partial charge < -0.3 is 18.6 Å². The zero-order valence-corrected chi connectivity index (χ0v) is 16.9. The van der Waals surface area contributed by atoms with Gasteiger partial charge in [0, 0.05) is 31.7 Å². The maximum atomic E-state index is 13.3. The summed E-state index contributed by atoms with van der Waals surface area (Å²) in [4.78, 5) is 29.4. The molecule has 2 aromatic carbocycles. The highest BCUT2D eigenvalue weighted by atomic mass is 16.4. The number of amides is 1. The number of anilines is 1. The van der Waals surface area contributed by atoms with Crippen molar-refractivity contribution in [2.24, 2.45) is 0 Å². The minimum atomic E-state index is -0.647. The van der Waals surface area contributed by atoms with Crippen LogP contribution in [0.3, 0.4) is 0 Å². The number of carbonyl (C=O) groups is 1. The van der Waals surface area contributed by atoms with Crippen molar-refractivity contribution in [3.63, 3.8) is 0 Å². The van der Waals surface area contributed by atoms with Crippen LogP contribution in [0.4, 0.5) is 5.69 Å². The van der Waals surface area contributed by atoms with E-state index in [1.165, 1.54) is 0 Å². The van der Waals surface area contributed by atoms with Gasteiger partial charge in [-0.05, 0) is 42.0 Å². The van der Waals surface area contributed by atoms with Crippen molar-refractivity contribution < 1.29 is 13.6 Å². The maximum absolute atomic E-state index is 13.3.